The Hall–Kier alpha value is -0.620. The Balaban J connectivity index is 0.00000128. The highest BCUT2D eigenvalue weighted by atomic mass is 35.5. The number of sulfonamides is 1. The summed E-state index contributed by atoms with van der Waals surface area (Å²) in [5, 5.41) is 0. The largest absolute Gasteiger partial charge is 1.00 e. The third-order valence-corrected chi connectivity index (χ3v) is 4.01. The lowest BCUT2D eigenvalue weighted by atomic mass is 9.85. The van der Waals surface area contributed by atoms with Crippen molar-refractivity contribution in [3.8, 4) is 0 Å². The van der Waals surface area contributed by atoms with E-state index in [0.717, 1.165) is 5.56 Å². The van der Waals surface area contributed by atoms with Crippen LogP contribution in [0.2, 0.25) is 0 Å². The fourth-order valence-corrected chi connectivity index (χ4v) is 2.80. The van der Waals surface area contributed by atoms with Crippen molar-refractivity contribution in [3.63, 3.8) is 0 Å². The second kappa shape index (κ2) is 4.33. The number of rotatable bonds is 2. The van der Waals surface area contributed by atoms with Gasteiger partial charge in [-0.2, -0.15) is 4.31 Å². The zero-order chi connectivity index (χ0) is 11.1. The lowest BCUT2D eigenvalue weighted by Gasteiger charge is -2.42. The van der Waals surface area contributed by atoms with E-state index in [9.17, 15) is 8.42 Å². The first kappa shape index (κ1) is 13.4. The van der Waals surface area contributed by atoms with Crippen LogP contribution >= 0.6 is 0 Å². The second-order valence-corrected chi connectivity index (χ2v) is 6.16. The molecule has 1 heterocycles. The molecule has 0 aromatic heterocycles. The van der Waals surface area contributed by atoms with E-state index in [4.69, 9.17) is 0 Å². The SMILES string of the molecule is CS(=O)(=O)N1CC([NH3+])(c2ccccc2)C1.[Cl-]. The van der Waals surface area contributed by atoms with Gasteiger partial charge in [0.05, 0.1) is 19.3 Å². The second-order valence-electron chi connectivity index (χ2n) is 4.18. The molecule has 0 aliphatic carbocycles. The maximum absolute atomic E-state index is 11.2. The van der Waals surface area contributed by atoms with Gasteiger partial charge in [0.1, 0.15) is 5.54 Å². The Bertz CT molecular complexity index is 455. The third-order valence-electron chi connectivity index (χ3n) is 2.81. The molecule has 1 saturated heterocycles. The van der Waals surface area contributed by atoms with Crippen molar-refractivity contribution in [1.82, 2.24) is 4.31 Å². The molecule has 0 radical (unpaired) electrons. The summed E-state index contributed by atoms with van der Waals surface area (Å²) in [6.07, 6.45) is 1.23. The lowest BCUT2D eigenvalue weighted by molar-refractivity contribution is -0.509. The first-order valence-corrected chi connectivity index (χ1v) is 6.63. The zero-order valence-corrected chi connectivity index (χ0v) is 10.6. The molecule has 4 nitrogen and oxygen atoms in total. The van der Waals surface area contributed by atoms with E-state index in [1.165, 1.54) is 10.6 Å². The van der Waals surface area contributed by atoms with Gasteiger partial charge in [0.25, 0.3) is 0 Å². The van der Waals surface area contributed by atoms with Crippen molar-refractivity contribution in [3.05, 3.63) is 35.9 Å². The maximum atomic E-state index is 11.2. The summed E-state index contributed by atoms with van der Waals surface area (Å²) < 4.78 is 23.9. The van der Waals surface area contributed by atoms with Gasteiger partial charge in [-0.3, -0.25) is 0 Å². The molecule has 3 N–H and O–H groups in total. The standard InChI is InChI=1S/C10H14N2O2S.ClH/c1-15(13,14)12-7-10(11,8-12)9-5-3-2-4-6-9;/h2-6H,7-8,11H2,1H3;1H. The van der Waals surface area contributed by atoms with Gasteiger partial charge >= 0.3 is 0 Å². The predicted octanol–water partition coefficient (Wildman–Crippen LogP) is -3.60. The van der Waals surface area contributed by atoms with Gasteiger partial charge in [-0.25, -0.2) is 8.42 Å². The summed E-state index contributed by atoms with van der Waals surface area (Å²) in [5.74, 6) is 0. The lowest BCUT2D eigenvalue weighted by Crippen LogP contribution is -3.00. The highest BCUT2D eigenvalue weighted by molar-refractivity contribution is 7.88. The van der Waals surface area contributed by atoms with Gasteiger partial charge in [0.15, 0.2) is 0 Å². The predicted molar refractivity (Wildman–Crippen MR) is 57.4 cm³/mol. The molecule has 0 saturated carbocycles. The number of hydrogen-bond donors (Lipinski definition) is 1. The number of halogens is 1. The van der Waals surface area contributed by atoms with Gasteiger partial charge in [-0.15, -0.1) is 0 Å². The van der Waals surface area contributed by atoms with E-state index in [1.807, 2.05) is 30.3 Å². The van der Waals surface area contributed by atoms with Gasteiger partial charge in [0.2, 0.25) is 10.0 Å². The van der Waals surface area contributed by atoms with Crippen molar-refractivity contribution < 1.29 is 26.6 Å². The molecule has 2 rings (SSSR count). The Morgan fingerprint density at radius 3 is 2.19 bits per heavy atom. The van der Waals surface area contributed by atoms with E-state index >= 15 is 0 Å². The van der Waals surface area contributed by atoms with E-state index in [1.54, 1.807) is 0 Å². The van der Waals surface area contributed by atoms with Crippen LogP contribution in [0.4, 0.5) is 0 Å². The molecule has 1 aromatic rings. The minimum absolute atomic E-state index is 0. The average molecular weight is 263 g/mol. The topological polar surface area (TPSA) is 65.0 Å². The van der Waals surface area contributed by atoms with Crippen molar-refractivity contribution in [2.45, 2.75) is 5.54 Å². The Kier molecular flexibility index (Phi) is 3.64. The molecule has 1 aliphatic rings. The van der Waals surface area contributed by atoms with Crippen LogP contribution in [0, 0.1) is 0 Å². The molecule has 0 unspecified atom stereocenters. The van der Waals surface area contributed by atoms with E-state index in [-0.39, 0.29) is 17.9 Å². The quantitative estimate of drug-likeness (QED) is 0.599. The summed E-state index contributed by atoms with van der Waals surface area (Å²) in [4.78, 5) is 0. The van der Waals surface area contributed by atoms with Gasteiger partial charge in [0, 0.05) is 5.56 Å². The fourth-order valence-electron chi connectivity index (χ4n) is 1.84. The summed E-state index contributed by atoms with van der Waals surface area (Å²) >= 11 is 0. The van der Waals surface area contributed by atoms with Crippen molar-refractivity contribution in [2.24, 2.45) is 0 Å². The maximum Gasteiger partial charge on any atom is 0.211 e. The molecule has 6 heteroatoms. The minimum Gasteiger partial charge on any atom is -1.00 e. The van der Waals surface area contributed by atoms with Crippen LogP contribution in [-0.2, 0) is 15.6 Å². The smallest absolute Gasteiger partial charge is 0.211 e. The molecule has 90 valence electrons. The number of benzene rings is 1. The van der Waals surface area contributed by atoms with Crippen molar-refractivity contribution in [2.75, 3.05) is 19.3 Å². The monoisotopic (exact) mass is 262 g/mol. The Morgan fingerprint density at radius 1 is 1.25 bits per heavy atom. The van der Waals surface area contributed by atoms with Crippen molar-refractivity contribution >= 4 is 10.0 Å². The molecular formula is C10H15ClN2O2S. The summed E-state index contributed by atoms with van der Waals surface area (Å²) in [5.41, 5.74) is 4.95. The number of hydrogen-bond acceptors (Lipinski definition) is 2. The van der Waals surface area contributed by atoms with Crippen LogP contribution in [0.25, 0.3) is 0 Å². The van der Waals surface area contributed by atoms with Crippen LogP contribution in [0.3, 0.4) is 0 Å². The van der Waals surface area contributed by atoms with Crippen LogP contribution in [0.5, 0.6) is 0 Å². The Labute approximate surface area is 102 Å². The normalized spacial score (nSPS) is 19.6. The number of nitrogens with zero attached hydrogens (tertiary/aromatic N) is 1. The molecule has 0 atom stereocenters. The van der Waals surface area contributed by atoms with E-state index in [0.29, 0.717) is 13.1 Å². The molecule has 1 fully saturated rings. The van der Waals surface area contributed by atoms with Gasteiger partial charge in [-0.05, 0) is 0 Å². The first-order chi connectivity index (χ1) is 6.92. The van der Waals surface area contributed by atoms with Crippen LogP contribution in [-0.4, -0.2) is 32.1 Å². The summed E-state index contributed by atoms with van der Waals surface area (Å²) in [6, 6.07) is 9.83. The average Bonchev–Trinajstić information content (AvgIpc) is 2.13. The highest BCUT2D eigenvalue weighted by Gasteiger charge is 2.48. The molecule has 0 bridgehead atoms. The van der Waals surface area contributed by atoms with Crippen LogP contribution in [0.1, 0.15) is 5.56 Å². The molecular weight excluding hydrogens is 248 g/mol. The van der Waals surface area contributed by atoms with Crippen LogP contribution < -0.4 is 18.1 Å². The van der Waals surface area contributed by atoms with E-state index in [2.05, 4.69) is 5.73 Å². The summed E-state index contributed by atoms with van der Waals surface area (Å²) in [7, 11) is -3.05. The van der Waals surface area contributed by atoms with Crippen LogP contribution in [0.15, 0.2) is 30.3 Å². The molecule has 0 spiro atoms. The number of quaternary nitrogens is 1. The zero-order valence-electron chi connectivity index (χ0n) is 9.06. The first-order valence-electron chi connectivity index (χ1n) is 4.78. The minimum atomic E-state index is -3.05. The highest BCUT2D eigenvalue weighted by Crippen LogP contribution is 2.28. The van der Waals surface area contributed by atoms with E-state index < -0.39 is 10.0 Å². The Morgan fingerprint density at radius 2 is 1.75 bits per heavy atom. The summed E-state index contributed by atoms with van der Waals surface area (Å²) in [6.45, 7) is 0.964. The molecule has 0 amide bonds. The molecule has 1 aromatic carbocycles. The molecule has 1 aliphatic heterocycles. The third kappa shape index (κ3) is 2.38. The van der Waals surface area contributed by atoms with Gasteiger partial charge in [-0.1, -0.05) is 30.3 Å². The van der Waals surface area contributed by atoms with Gasteiger partial charge < -0.3 is 18.1 Å². The van der Waals surface area contributed by atoms with Crippen molar-refractivity contribution in [1.29, 1.82) is 0 Å². The molecule has 16 heavy (non-hydrogen) atoms. The fraction of sp³-hybridized carbons (Fsp3) is 0.400.